The van der Waals surface area contributed by atoms with Crippen molar-refractivity contribution in [3.63, 3.8) is 0 Å². The second-order valence-electron chi connectivity index (χ2n) is 7.95. The number of carbonyl (C=O) groups excluding carboxylic acids is 1. The lowest BCUT2D eigenvalue weighted by molar-refractivity contribution is 0.102. The average Bonchev–Trinajstić information content (AvgIpc) is 3.30. The molecule has 0 spiro atoms. The Morgan fingerprint density at radius 3 is 2.03 bits per heavy atom. The SMILES string of the molecule is O=C(Nc1ccc(-c2nc(-c3ccccc3)n(Cc3ccc(F)cc3)n2)cc1)c1ccc(F)cc1. The van der Waals surface area contributed by atoms with E-state index in [1.165, 1.54) is 36.4 Å². The number of halogens is 2. The third kappa shape index (κ3) is 5.14. The van der Waals surface area contributed by atoms with Gasteiger partial charge in [0.05, 0.1) is 6.54 Å². The van der Waals surface area contributed by atoms with Crippen LogP contribution in [0, 0.1) is 11.6 Å². The summed E-state index contributed by atoms with van der Waals surface area (Å²) in [7, 11) is 0. The van der Waals surface area contributed by atoms with Crippen LogP contribution in [-0.4, -0.2) is 20.7 Å². The van der Waals surface area contributed by atoms with Gasteiger partial charge in [0.15, 0.2) is 11.6 Å². The van der Waals surface area contributed by atoms with Crippen LogP contribution in [0.5, 0.6) is 0 Å². The highest BCUT2D eigenvalue weighted by atomic mass is 19.1. The maximum Gasteiger partial charge on any atom is 0.255 e. The lowest BCUT2D eigenvalue weighted by Crippen LogP contribution is -2.11. The molecule has 1 N–H and O–H groups in total. The second kappa shape index (κ2) is 9.69. The van der Waals surface area contributed by atoms with Crippen LogP contribution >= 0.6 is 0 Å². The molecule has 0 aliphatic carbocycles. The fraction of sp³-hybridized carbons (Fsp3) is 0.0357. The van der Waals surface area contributed by atoms with E-state index in [0.717, 1.165) is 16.7 Å². The molecule has 0 radical (unpaired) electrons. The zero-order chi connectivity index (χ0) is 24.2. The number of carbonyl (C=O) groups is 1. The first kappa shape index (κ1) is 22.2. The summed E-state index contributed by atoms with van der Waals surface area (Å²) in [4.78, 5) is 17.2. The summed E-state index contributed by atoms with van der Waals surface area (Å²) in [6.45, 7) is 0.434. The Balaban J connectivity index is 1.41. The number of hydrogen-bond acceptors (Lipinski definition) is 3. The quantitative estimate of drug-likeness (QED) is 0.325. The molecule has 0 saturated heterocycles. The summed E-state index contributed by atoms with van der Waals surface area (Å²) in [5.41, 5.74) is 3.55. The van der Waals surface area contributed by atoms with E-state index in [1.54, 1.807) is 28.9 Å². The molecule has 1 amide bonds. The molecule has 5 nitrogen and oxygen atoms in total. The monoisotopic (exact) mass is 466 g/mol. The molecule has 1 heterocycles. The van der Waals surface area contributed by atoms with Gasteiger partial charge in [-0.15, -0.1) is 0 Å². The maximum absolute atomic E-state index is 13.3. The van der Waals surface area contributed by atoms with Gasteiger partial charge in [-0.1, -0.05) is 42.5 Å². The van der Waals surface area contributed by atoms with Gasteiger partial charge in [0, 0.05) is 22.4 Å². The molecular weight excluding hydrogens is 446 g/mol. The fourth-order valence-electron chi connectivity index (χ4n) is 3.65. The molecule has 0 bridgehead atoms. The Morgan fingerprint density at radius 2 is 1.37 bits per heavy atom. The van der Waals surface area contributed by atoms with E-state index in [-0.39, 0.29) is 11.7 Å². The minimum atomic E-state index is -0.396. The third-order valence-electron chi connectivity index (χ3n) is 5.46. The van der Waals surface area contributed by atoms with Crippen molar-refractivity contribution in [2.45, 2.75) is 6.54 Å². The molecule has 5 aromatic rings. The maximum atomic E-state index is 13.3. The molecule has 0 aliphatic rings. The van der Waals surface area contributed by atoms with Gasteiger partial charge in [-0.2, -0.15) is 5.10 Å². The van der Waals surface area contributed by atoms with Crippen molar-refractivity contribution < 1.29 is 13.6 Å². The number of nitrogens with zero attached hydrogens (tertiary/aromatic N) is 3. The summed E-state index contributed by atoms with van der Waals surface area (Å²) >= 11 is 0. The summed E-state index contributed by atoms with van der Waals surface area (Å²) < 4.78 is 28.2. The number of hydrogen-bond donors (Lipinski definition) is 1. The van der Waals surface area contributed by atoms with Crippen LogP contribution in [0.15, 0.2) is 103 Å². The standard InChI is InChI=1S/C28H20F2N4O/c29-23-12-6-19(7-13-23)18-34-27(21-4-2-1-3-5-21)32-26(33-34)20-10-16-25(17-11-20)31-28(35)22-8-14-24(30)15-9-22/h1-17H,18H2,(H,31,35). The van der Waals surface area contributed by atoms with E-state index < -0.39 is 5.82 Å². The van der Waals surface area contributed by atoms with Crippen molar-refractivity contribution in [1.82, 2.24) is 14.8 Å². The minimum Gasteiger partial charge on any atom is -0.322 e. The number of benzene rings is 4. The second-order valence-corrected chi connectivity index (χ2v) is 7.95. The Bertz CT molecular complexity index is 1450. The van der Waals surface area contributed by atoms with Crippen molar-refractivity contribution in [3.05, 3.63) is 126 Å². The first-order chi connectivity index (χ1) is 17.0. The predicted octanol–water partition coefficient (Wildman–Crippen LogP) is 6.19. The normalized spacial score (nSPS) is 10.8. The van der Waals surface area contributed by atoms with Crippen LogP contribution in [-0.2, 0) is 6.54 Å². The van der Waals surface area contributed by atoms with Gasteiger partial charge in [-0.05, 0) is 66.2 Å². The Hall–Kier alpha value is -4.65. The summed E-state index contributed by atoms with van der Waals surface area (Å²) in [6.07, 6.45) is 0. The number of aromatic nitrogens is 3. The predicted molar refractivity (Wildman–Crippen MR) is 131 cm³/mol. The topological polar surface area (TPSA) is 59.8 Å². The van der Waals surface area contributed by atoms with E-state index in [9.17, 15) is 13.6 Å². The lowest BCUT2D eigenvalue weighted by atomic mass is 10.1. The number of rotatable bonds is 6. The average molecular weight is 466 g/mol. The van der Waals surface area contributed by atoms with Crippen molar-refractivity contribution in [3.8, 4) is 22.8 Å². The van der Waals surface area contributed by atoms with Crippen LogP contribution < -0.4 is 5.32 Å². The highest BCUT2D eigenvalue weighted by Gasteiger charge is 2.14. The highest BCUT2D eigenvalue weighted by molar-refractivity contribution is 6.04. The van der Waals surface area contributed by atoms with Gasteiger partial charge in [-0.25, -0.2) is 18.4 Å². The number of anilines is 1. The molecule has 0 unspecified atom stereocenters. The van der Waals surface area contributed by atoms with Gasteiger partial charge in [-0.3, -0.25) is 4.79 Å². The van der Waals surface area contributed by atoms with Crippen LogP contribution in [0.1, 0.15) is 15.9 Å². The summed E-state index contributed by atoms with van der Waals surface area (Å²) in [5.74, 6) is 0.210. The Kier molecular flexibility index (Phi) is 6.13. The van der Waals surface area contributed by atoms with E-state index >= 15 is 0 Å². The molecule has 7 heteroatoms. The van der Waals surface area contributed by atoms with Crippen LogP contribution in [0.2, 0.25) is 0 Å². The minimum absolute atomic E-state index is 0.289. The molecular formula is C28H20F2N4O. The first-order valence-corrected chi connectivity index (χ1v) is 11.0. The van der Waals surface area contributed by atoms with Crippen molar-refractivity contribution >= 4 is 11.6 Å². The van der Waals surface area contributed by atoms with Gasteiger partial charge in [0.25, 0.3) is 5.91 Å². The number of nitrogens with one attached hydrogen (secondary N) is 1. The largest absolute Gasteiger partial charge is 0.322 e. The van der Waals surface area contributed by atoms with Crippen LogP contribution in [0.3, 0.4) is 0 Å². The fourth-order valence-corrected chi connectivity index (χ4v) is 3.65. The highest BCUT2D eigenvalue weighted by Crippen LogP contribution is 2.25. The molecule has 1 aromatic heterocycles. The van der Waals surface area contributed by atoms with E-state index in [1.807, 2.05) is 42.5 Å². The van der Waals surface area contributed by atoms with Gasteiger partial charge in [0.2, 0.25) is 0 Å². The molecule has 4 aromatic carbocycles. The molecule has 0 saturated carbocycles. The van der Waals surface area contributed by atoms with Gasteiger partial charge >= 0.3 is 0 Å². The van der Waals surface area contributed by atoms with Crippen LogP contribution in [0.25, 0.3) is 22.8 Å². The van der Waals surface area contributed by atoms with Crippen LogP contribution in [0.4, 0.5) is 14.5 Å². The molecule has 35 heavy (non-hydrogen) atoms. The van der Waals surface area contributed by atoms with E-state index in [2.05, 4.69) is 5.32 Å². The molecule has 0 atom stereocenters. The van der Waals surface area contributed by atoms with Crippen molar-refractivity contribution in [1.29, 1.82) is 0 Å². The zero-order valence-corrected chi connectivity index (χ0v) is 18.5. The molecule has 0 aliphatic heterocycles. The van der Waals surface area contributed by atoms with E-state index in [4.69, 9.17) is 10.1 Å². The van der Waals surface area contributed by atoms with Crippen molar-refractivity contribution in [2.24, 2.45) is 0 Å². The number of amides is 1. The lowest BCUT2D eigenvalue weighted by Gasteiger charge is -2.06. The van der Waals surface area contributed by atoms with Gasteiger partial charge < -0.3 is 5.32 Å². The smallest absolute Gasteiger partial charge is 0.255 e. The molecule has 172 valence electrons. The summed E-state index contributed by atoms with van der Waals surface area (Å²) in [5, 5.41) is 7.51. The zero-order valence-electron chi connectivity index (χ0n) is 18.5. The van der Waals surface area contributed by atoms with E-state index in [0.29, 0.717) is 29.4 Å². The summed E-state index contributed by atoms with van der Waals surface area (Å²) in [6, 6.07) is 28.6. The Morgan fingerprint density at radius 1 is 0.743 bits per heavy atom. The Labute approximate surface area is 200 Å². The molecule has 0 fully saturated rings. The molecule has 5 rings (SSSR count). The first-order valence-electron chi connectivity index (χ1n) is 11.0. The third-order valence-corrected chi connectivity index (χ3v) is 5.46. The van der Waals surface area contributed by atoms with Crippen molar-refractivity contribution in [2.75, 3.05) is 5.32 Å². The van der Waals surface area contributed by atoms with Gasteiger partial charge in [0.1, 0.15) is 11.6 Å².